The van der Waals surface area contributed by atoms with Crippen molar-refractivity contribution < 1.29 is 14.4 Å². The Morgan fingerprint density at radius 3 is 2.29 bits per heavy atom. The Balaban J connectivity index is 1.47. The number of benzene rings is 1. The van der Waals surface area contributed by atoms with Gasteiger partial charge in [0.2, 0.25) is 5.91 Å². The smallest absolute Gasteiger partial charge is 0.261 e. The number of carbonyl (C=O) groups excluding carboxylic acids is 3. The van der Waals surface area contributed by atoms with Crippen LogP contribution in [-0.4, -0.2) is 47.7 Å². The molecular weight excluding hydrogens is 304 g/mol. The van der Waals surface area contributed by atoms with Crippen molar-refractivity contribution in [3.05, 3.63) is 35.4 Å². The third-order valence-electron chi connectivity index (χ3n) is 5.08. The van der Waals surface area contributed by atoms with Crippen LogP contribution in [0.4, 0.5) is 0 Å². The Kier molecular flexibility index (Phi) is 4.97. The topological polar surface area (TPSA) is 57.7 Å². The van der Waals surface area contributed by atoms with E-state index >= 15 is 0 Å². The van der Waals surface area contributed by atoms with E-state index in [1.807, 2.05) is 7.05 Å². The Labute approximate surface area is 142 Å². The van der Waals surface area contributed by atoms with E-state index in [1.165, 1.54) is 30.6 Å². The summed E-state index contributed by atoms with van der Waals surface area (Å²) in [4.78, 5) is 39.8. The largest absolute Gasteiger partial charge is 0.345 e. The third-order valence-corrected chi connectivity index (χ3v) is 5.08. The highest BCUT2D eigenvalue weighted by molar-refractivity contribution is 6.21. The van der Waals surface area contributed by atoms with Gasteiger partial charge in [0.25, 0.3) is 11.8 Å². The summed E-state index contributed by atoms with van der Waals surface area (Å²) in [5, 5.41) is 0. The molecule has 1 aliphatic carbocycles. The Morgan fingerprint density at radius 1 is 1.12 bits per heavy atom. The number of amides is 3. The number of hydrogen-bond donors (Lipinski definition) is 0. The van der Waals surface area contributed by atoms with Gasteiger partial charge in [0.15, 0.2) is 0 Å². The van der Waals surface area contributed by atoms with Gasteiger partial charge in [-0.15, -0.1) is 0 Å². The van der Waals surface area contributed by atoms with Crippen LogP contribution in [0.1, 0.15) is 59.2 Å². The highest BCUT2D eigenvalue weighted by Crippen LogP contribution is 2.25. The minimum Gasteiger partial charge on any atom is -0.345 e. The number of nitrogens with zero attached hydrogens (tertiary/aromatic N) is 2. The number of imide groups is 1. The van der Waals surface area contributed by atoms with Crippen molar-refractivity contribution in [3.8, 4) is 0 Å². The van der Waals surface area contributed by atoms with E-state index in [0.29, 0.717) is 36.4 Å². The molecule has 0 saturated heterocycles. The molecule has 1 aliphatic heterocycles. The van der Waals surface area contributed by atoms with Crippen LogP contribution in [0.15, 0.2) is 24.3 Å². The molecule has 0 bridgehead atoms. The first-order valence-electron chi connectivity index (χ1n) is 8.77. The van der Waals surface area contributed by atoms with Crippen LogP contribution in [0.5, 0.6) is 0 Å². The quantitative estimate of drug-likeness (QED) is 0.755. The van der Waals surface area contributed by atoms with Crippen molar-refractivity contribution in [1.82, 2.24) is 9.80 Å². The standard InChI is InChI=1S/C19H24N2O3/c1-20(13-14-7-2-3-8-14)17(22)11-6-12-21-18(23)15-9-4-5-10-16(15)19(21)24/h4-5,9-10,14H,2-3,6-8,11-13H2,1H3. The molecule has 24 heavy (non-hydrogen) atoms. The van der Waals surface area contributed by atoms with E-state index < -0.39 is 0 Å². The van der Waals surface area contributed by atoms with Gasteiger partial charge in [-0.1, -0.05) is 25.0 Å². The zero-order chi connectivity index (χ0) is 17.1. The third kappa shape index (κ3) is 3.35. The average Bonchev–Trinajstić information content (AvgIpc) is 3.17. The maximum absolute atomic E-state index is 12.3. The number of hydrogen-bond acceptors (Lipinski definition) is 3. The zero-order valence-corrected chi connectivity index (χ0v) is 14.2. The van der Waals surface area contributed by atoms with Crippen molar-refractivity contribution in [2.24, 2.45) is 5.92 Å². The molecule has 0 aromatic heterocycles. The van der Waals surface area contributed by atoms with E-state index in [1.54, 1.807) is 29.2 Å². The van der Waals surface area contributed by atoms with Gasteiger partial charge in [-0.25, -0.2) is 0 Å². The molecule has 0 radical (unpaired) electrons. The van der Waals surface area contributed by atoms with Gasteiger partial charge in [0.05, 0.1) is 11.1 Å². The normalized spacial score (nSPS) is 17.5. The van der Waals surface area contributed by atoms with Crippen LogP contribution in [0.2, 0.25) is 0 Å². The van der Waals surface area contributed by atoms with Gasteiger partial charge in [0.1, 0.15) is 0 Å². The van der Waals surface area contributed by atoms with E-state index in [2.05, 4.69) is 0 Å². The second-order valence-electron chi connectivity index (χ2n) is 6.84. The molecule has 2 aliphatic rings. The molecule has 1 aromatic carbocycles. The van der Waals surface area contributed by atoms with Gasteiger partial charge in [0, 0.05) is 26.6 Å². The Bertz CT molecular complexity index is 615. The molecule has 1 fully saturated rings. The van der Waals surface area contributed by atoms with Crippen molar-refractivity contribution in [2.75, 3.05) is 20.1 Å². The van der Waals surface area contributed by atoms with Crippen LogP contribution in [0.25, 0.3) is 0 Å². The molecule has 5 nitrogen and oxygen atoms in total. The summed E-state index contributed by atoms with van der Waals surface area (Å²) < 4.78 is 0. The number of carbonyl (C=O) groups is 3. The fraction of sp³-hybridized carbons (Fsp3) is 0.526. The zero-order valence-electron chi connectivity index (χ0n) is 14.2. The minimum atomic E-state index is -0.248. The van der Waals surface area contributed by atoms with Crippen LogP contribution >= 0.6 is 0 Å². The Morgan fingerprint density at radius 2 is 1.71 bits per heavy atom. The van der Waals surface area contributed by atoms with Crippen molar-refractivity contribution in [3.63, 3.8) is 0 Å². The first-order chi connectivity index (χ1) is 11.6. The summed E-state index contributed by atoms with van der Waals surface area (Å²) in [6.07, 6.45) is 5.86. The van der Waals surface area contributed by atoms with Crippen molar-refractivity contribution in [1.29, 1.82) is 0 Å². The fourth-order valence-electron chi connectivity index (χ4n) is 3.70. The maximum atomic E-state index is 12.3. The maximum Gasteiger partial charge on any atom is 0.261 e. The second kappa shape index (κ2) is 7.16. The number of rotatable bonds is 6. The molecule has 1 heterocycles. The molecule has 0 N–H and O–H groups in total. The van der Waals surface area contributed by atoms with Crippen molar-refractivity contribution >= 4 is 17.7 Å². The monoisotopic (exact) mass is 328 g/mol. The molecule has 5 heteroatoms. The second-order valence-corrected chi connectivity index (χ2v) is 6.84. The lowest BCUT2D eigenvalue weighted by Crippen LogP contribution is -2.33. The molecule has 0 unspecified atom stereocenters. The lowest BCUT2D eigenvalue weighted by atomic mass is 10.1. The predicted molar refractivity (Wildman–Crippen MR) is 90.6 cm³/mol. The van der Waals surface area contributed by atoms with E-state index in [9.17, 15) is 14.4 Å². The van der Waals surface area contributed by atoms with Crippen LogP contribution in [0.3, 0.4) is 0 Å². The summed E-state index contributed by atoms with van der Waals surface area (Å²) in [5.41, 5.74) is 0.930. The minimum absolute atomic E-state index is 0.0958. The van der Waals surface area contributed by atoms with Gasteiger partial charge >= 0.3 is 0 Å². The molecular formula is C19H24N2O3. The first kappa shape index (κ1) is 16.7. The molecule has 1 saturated carbocycles. The van der Waals surface area contributed by atoms with Gasteiger partial charge in [-0.05, 0) is 37.3 Å². The highest BCUT2D eigenvalue weighted by atomic mass is 16.2. The predicted octanol–water partition coefficient (Wildman–Crippen LogP) is 2.71. The molecule has 0 spiro atoms. The van der Waals surface area contributed by atoms with Crippen LogP contribution in [0, 0.1) is 5.92 Å². The molecule has 0 atom stereocenters. The lowest BCUT2D eigenvalue weighted by molar-refractivity contribution is -0.130. The summed E-state index contributed by atoms with van der Waals surface area (Å²) in [6.45, 7) is 1.13. The van der Waals surface area contributed by atoms with Gasteiger partial charge in [-0.2, -0.15) is 0 Å². The summed E-state index contributed by atoms with van der Waals surface area (Å²) in [7, 11) is 1.85. The first-order valence-corrected chi connectivity index (χ1v) is 8.77. The molecule has 3 rings (SSSR count). The van der Waals surface area contributed by atoms with Gasteiger partial charge in [-0.3, -0.25) is 19.3 Å². The molecule has 3 amide bonds. The summed E-state index contributed by atoms with van der Waals surface area (Å²) >= 11 is 0. The average molecular weight is 328 g/mol. The SMILES string of the molecule is CN(CC1CCCC1)C(=O)CCCN1C(=O)c2ccccc2C1=O. The van der Waals surface area contributed by atoms with E-state index in [4.69, 9.17) is 0 Å². The highest BCUT2D eigenvalue weighted by Gasteiger charge is 2.34. The molecule has 1 aromatic rings. The lowest BCUT2D eigenvalue weighted by Gasteiger charge is -2.21. The summed E-state index contributed by atoms with van der Waals surface area (Å²) in [6, 6.07) is 6.87. The Hall–Kier alpha value is -2.17. The van der Waals surface area contributed by atoms with Crippen molar-refractivity contribution in [2.45, 2.75) is 38.5 Å². The van der Waals surface area contributed by atoms with E-state index in [0.717, 1.165) is 6.54 Å². The molecule has 128 valence electrons. The fourth-order valence-corrected chi connectivity index (χ4v) is 3.70. The van der Waals surface area contributed by atoms with Gasteiger partial charge < -0.3 is 4.90 Å². The number of fused-ring (bicyclic) bond motifs is 1. The summed E-state index contributed by atoms with van der Waals surface area (Å²) in [5.74, 6) is 0.235. The van der Waals surface area contributed by atoms with Crippen LogP contribution in [-0.2, 0) is 4.79 Å². The van der Waals surface area contributed by atoms with Crippen LogP contribution < -0.4 is 0 Å². The van der Waals surface area contributed by atoms with E-state index in [-0.39, 0.29) is 17.7 Å².